The van der Waals surface area contributed by atoms with E-state index in [1.165, 1.54) is 0 Å². The fourth-order valence-electron chi connectivity index (χ4n) is 2.44. The number of carbonyl (C=O) groups is 1. The van der Waals surface area contributed by atoms with E-state index in [9.17, 15) is 4.79 Å². The van der Waals surface area contributed by atoms with Crippen molar-refractivity contribution >= 4 is 15.9 Å². The van der Waals surface area contributed by atoms with Gasteiger partial charge >= 0.3 is 6.09 Å². The highest BCUT2D eigenvalue weighted by Gasteiger charge is 2.44. The van der Waals surface area contributed by atoms with Crippen molar-refractivity contribution in [3.8, 4) is 0 Å². The lowest BCUT2D eigenvalue weighted by atomic mass is 9.96. The Morgan fingerprint density at radius 2 is 2.05 bits per heavy atom. The molecule has 0 aromatic rings. The molecule has 1 aliphatic rings. The summed E-state index contributed by atoms with van der Waals surface area (Å²) in [5, 5.41) is 0.214. The smallest absolute Gasteiger partial charge is 0.410 e. The molecular formula is C15H30N2O3Si. The first-order valence-corrected chi connectivity index (χ1v) is 8.79. The summed E-state index contributed by atoms with van der Waals surface area (Å²) >= 11 is 0. The lowest BCUT2D eigenvalue weighted by Crippen LogP contribution is -2.51. The molecule has 2 N–H and O–H groups in total. The lowest BCUT2D eigenvalue weighted by molar-refractivity contribution is 0.0158. The molecule has 6 heteroatoms. The molecule has 2 atom stereocenters. The number of carbonyl (C=O) groups excluding carboxylic acids is 1. The molecule has 0 aliphatic carbocycles. The number of nitrogens with two attached hydrogens (primary N) is 1. The molecule has 1 heterocycles. The minimum Gasteiger partial charge on any atom is -0.445 e. The van der Waals surface area contributed by atoms with Crippen LogP contribution in [0.1, 0.15) is 41.0 Å². The number of nitrogens with zero attached hydrogens (tertiary/aromatic N) is 1. The number of rotatable bonds is 5. The normalized spacial score (nSPS) is 23.8. The maximum absolute atomic E-state index is 12.2. The summed E-state index contributed by atoms with van der Waals surface area (Å²) in [6.45, 7) is 14.9. The first-order valence-electron chi connectivity index (χ1n) is 7.50. The van der Waals surface area contributed by atoms with Crippen LogP contribution in [0, 0.1) is 0 Å². The molecule has 5 nitrogen and oxygen atoms in total. The largest absolute Gasteiger partial charge is 0.445 e. The summed E-state index contributed by atoms with van der Waals surface area (Å²) in [6.07, 6.45) is 1.98. The van der Waals surface area contributed by atoms with Crippen molar-refractivity contribution < 1.29 is 14.0 Å². The summed E-state index contributed by atoms with van der Waals surface area (Å²) in [5.41, 5.74) is 5.64. The fourth-order valence-corrected chi connectivity index (χ4v) is 3.44. The first-order chi connectivity index (χ1) is 9.57. The lowest BCUT2D eigenvalue weighted by Gasteiger charge is -2.39. The van der Waals surface area contributed by atoms with E-state index >= 15 is 0 Å². The van der Waals surface area contributed by atoms with Crippen LogP contribution in [0.2, 0.25) is 5.04 Å². The average Bonchev–Trinajstić information content (AvgIpc) is 2.76. The Morgan fingerprint density at radius 1 is 1.43 bits per heavy atom. The highest BCUT2D eigenvalue weighted by Crippen LogP contribution is 2.32. The van der Waals surface area contributed by atoms with E-state index in [0.717, 1.165) is 6.42 Å². The van der Waals surface area contributed by atoms with Crippen LogP contribution < -0.4 is 5.73 Å². The summed E-state index contributed by atoms with van der Waals surface area (Å²) < 4.78 is 11.4. The van der Waals surface area contributed by atoms with Crippen LogP contribution in [-0.2, 0) is 9.16 Å². The molecule has 1 saturated heterocycles. The molecule has 0 bridgehead atoms. The molecule has 0 unspecified atom stereocenters. The van der Waals surface area contributed by atoms with Gasteiger partial charge in [0.1, 0.15) is 6.61 Å². The SMILES string of the molecule is C=CCOC(=O)N1C[C@H](N)C[C@H]1C(C)(C)O[SiH2]C(C)(C)C. The number of amides is 1. The van der Waals surface area contributed by atoms with Crippen molar-refractivity contribution in [1.82, 2.24) is 4.90 Å². The van der Waals surface area contributed by atoms with E-state index in [4.69, 9.17) is 14.9 Å². The maximum atomic E-state index is 12.2. The predicted octanol–water partition coefficient (Wildman–Crippen LogP) is 1.81. The van der Waals surface area contributed by atoms with Crippen LogP contribution in [0.3, 0.4) is 0 Å². The predicted molar refractivity (Wildman–Crippen MR) is 88.1 cm³/mol. The van der Waals surface area contributed by atoms with E-state index in [-0.39, 0.29) is 29.8 Å². The van der Waals surface area contributed by atoms with Crippen LogP contribution in [0.25, 0.3) is 0 Å². The zero-order valence-corrected chi connectivity index (χ0v) is 15.4. The van der Waals surface area contributed by atoms with Crippen LogP contribution >= 0.6 is 0 Å². The molecular weight excluding hydrogens is 284 g/mol. The molecule has 0 aromatic carbocycles. The number of likely N-dealkylation sites (tertiary alicyclic amines) is 1. The van der Waals surface area contributed by atoms with E-state index in [1.807, 2.05) is 13.8 Å². The Bertz CT molecular complexity index is 380. The zero-order valence-electron chi connectivity index (χ0n) is 14.0. The minimum absolute atomic E-state index is 0.0227. The van der Waals surface area contributed by atoms with Crippen LogP contribution in [0.4, 0.5) is 4.79 Å². The van der Waals surface area contributed by atoms with Gasteiger partial charge in [-0.05, 0) is 25.3 Å². The average molecular weight is 315 g/mol. The monoisotopic (exact) mass is 314 g/mol. The minimum atomic E-state index is -0.704. The topological polar surface area (TPSA) is 64.8 Å². The van der Waals surface area contributed by atoms with Gasteiger partial charge in [-0.25, -0.2) is 4.79 Å². The molecule has 0 aromatic heterocycles. The molecule has 21 heavy (non-hydrogen) atoms. The second-order valence-electron chi connectivity index (χ2n) is 7.48. The summed E-state index contributed by atoms with van der Waals surface area (Å²) in [7, 11) is -0.704. The maximum Gasteiger partial charge on any atom is 0.410 e. The van der Waals surface area contributed by atoms with Crippen molar-refractivity contribution in [3.63, 3.8) is 0 Å². The number of hydrogen-bond donors (Lipinski definition) is 1. The Morgan fingerprint density at radius 3 is 2.57 bits per heavy atom. The van der Waals surface area contributed by atoms with Gasteiger partial charge in [0, 0.05) is 12.6 Å². The third-order valence-electron chi connectivity index (χ3n) is 3.57. The van der Waals surface area contributed by atoms with Crippen molar-refractivity contribution in [3.05, 3.63) is 12.7 Å². The Balaban J connectivity index is 2.76. The van der Waals surface area contributed by atoms with Gasteiger partial charge in [0.25, 0.3) is 0 Å². The Kier molecular flexibility index (Phi) is 6.01. The van der Waals surface area contributed by atoms with E-state index in [1.54, 1.807) is 11.0 Å². The van der Waals surface area contributed by atoms with E-state index < -0.39 is 15.4 Å². The Hall–Kier alpha value is -0.853. The van der Waals surface area contributed by atoms with Crippen molar-refractivity contribution in [2.24, 2.45) is 5.73 Å². The van der Waals surface area contributed by atoms with Gasteiger partial charge < -0.3 is 19.8 Å². The third-order valence-corrected chi connectivity index (χ3v) is 5.33. The second-order valence-corrected chi connectivity index (χ2v) is 10.2. The van der Waals surface area contributed by atoms with Gasteiger partial charge in [-0.2, -0.15) is 0 Å². The first kappa shape index (κ1) is 18.2. The molecule has 122 valence electrons. The zero-order chi connectivity index (χ0) is 16.3. The van der Waals surface area contributed by atoms with Crippen molar-refractivity contribution in [2.45, 2.75) is 63.8 Å². The van der Waals surface area contributed by atoms with Gasteiger partial charge in [0.05, 0.1) is 11.6 Å². The van der Waals surface area contributed by atoms with Crippen LogP contribution in [0.15, 0.2) is 12.7 Å². The fraction of sp³-hybridized carbons (Fsp3) is 0.800. The number of hydrogen-bond acceptors (Lipinski definition) is 4. The van der Waals surface area contributed by atoms with Gasteiger partial charge in [-0.3, -0.25) is 0 Å². The quantitative estimate of drug-likeness (QED) is 0.621. The van der Waals surface area contributed by atoms with Crippen molar-refractivity contribution in [1.29, 1.82) is 0 Å². The van der Waals surface area contributed by atoms with Gasteiger partial charge in [0.2, 0.25) is 0 Å². The number of ether oxygens (including phenoxy) is 1. The summed E-state index contributed by atoms with van der Waals surface area (Å²) in [5.74, 6) is 0. The summed E-state index contributed by atoms with van der Waals surface area (Å²) in [6, 6.07) is -0.0647. The van der Waals surface area contributed by atoms with E-state index in [0.29, 0.717) is 6.54 Å². The third kappa shape index (κ3) is 5.45. The highest BCUT2D eigenvalue weighted by atomic mass is 28.2. The van der Waals surface area contributed by atoms with Gasteiger partial charge in [0.15, 0.2) is 9.76 Å². The van der Waals surface area contributed by atoms with Gasteiger partial charge in [-0.1, -0.05) is 33.4 Å². The van der Waals surface area contributed by atoms with E-state index in [2.05, 4.69) is 27.4 Å². The molecule has 0 spiro atoms. The van der Waals surface area contributed by atoms with Gasteiger partial charge in [-0.15, -0.1) is 0 Å². The van der Waals surface area contributed by atoms with Crippen LogP contribution in [0.5, 0.6) is 0 Å². The molecule has 0 radical (unpaired) electrons. The molecule has 1 amide bonds. The van der Waals surface area contributed by atoms with Crippen molar-refractivity contribution in [2.75, 3.05) is 13.2 Å². The molecule has 1 aliphatic heterocycles. The molecule has 1 fully saturated rings. The Labute approximate surface area is 130 Å². The molecule has 0 saturated carbocycles. The standard InChI is InChI=1S/C15H30N2O3Si/c1-7-8-19-13(18)17-10-11(16)9-12(17)15(5,6)20-21-14(2,3)4/h7,11-12H,1,8-10,16,21H2,2-6H3/t11-,12+/m1/s1. The second kappa shape index (κ2) is 6.94. The highest BCUT2D eigenvalue weighted by molar-refractivity contribution is 6.31. The van der Waals surface area contributed by atoms with Crippen LogP contribution in [-0.4, -0.2) is 51.6 Å². The molecule has 1 rings (SSSR count). The summed E-state index contributed by atoms with van der Waals surface area (Å²) in [4.78, 5) is 13.9.